The van der Waals surface area contributed by atoms with Crippen molar-refractivity contribution in [1.29, 1.82) is 0 Å². The van der Waals surface area contributed by atoms with Crippen LogP contribution in [0.5, 0.6) is 11.5 Å². The third-order valence-electron chi connectivity index (χ3n) is 5.52. The molecule has 0 aromatic heterocycles. The van der Waals surface area contributed by atoms with E-state index in [0.717, 1.165) is 50.4 Å². The van der Waals surface area contributed by atoms with Gasteiger partial charge in [0.05, 0.1) is 13.7 Å². The quantitative estimate of drug-likeness (QED) is 0.712. The molecule has 1 amide bonds. The van der Waals surface area contributed by atoms with E-state index in [1.54, 1.807) is 7.11 Å². The Morgan fingerprint density at radius 1 is 1.32 bits per heavy atom. The molecule has 0 unspecified atom stereocenters. The summed E-state index contributed by atoms with van der Waals surface area (Å²) in [7, 11) is 3.64. The molecular weight excluding hydrogens is 316 g/mol. The summed E-state index contributed by atoms with van der Waals surface area (Å²) in [4.78, 5) is 16.4. The second-order valence-electron chi connectivity index (χ2n) is 7.21. The van der Waals surface area contributed by atoms with Gasteiger partial charge >= 0.3 is 0 Å². The highest BCUT2D eigenvalue weighted by Gasteiger charge is 2.40. The van der Waals surface area contributed by atoms with Gasteiger partial charge in [0.25, 0.3) is 0 Å². The minimum atomic E-state index is 0.293. The number of piperidine rings is 1. The van der Waals surface area contributed by atoms with E-state index < -0.39 is 0 Å². The number of nitrogens with zero attached hydrogens (tertiary/aromatic N) is 2. The van der Waals surface area contributed by atoms with E-state index in [0.29, 0.717) is 30.9 Å². The van der Waals surface area contributed by atoms with Crippen LogP contribution in [-0.2, 0) is 11.3 Å². The van der Waals surface area contributed by atoms with Crippen LogP contribution in [0.2, 0.25) is 0 Å². The number of unbranched alkanes of at least 4 members (excludes halogenated alkanes) is 1. The lowest BCUT2D eigenvalue weighted by molar-refractivity contribution is -0.127. The number of carbonyl (C=O) groups excluding carboxylic acids is 1. The normalized spacial score (nSPS) is 23.6. The number of rotatable bonds is 7. The number of para-hydroxylation sites is 1. The molecule has 0 radical (unpaired) electrons. The van der Waals surface area contributed by atoms with Gasteiger partial charge in [0.1, 0.15) is 0 Å². The van der Waals surface area contributed by atoms with Gasteiger partial charge in [-0.1, -0.05) is 25.5 Å². The van der Waals surface area contributed by atoms with E-state index in [4.69, 9.17) is 9.47 Å². The largest absolute Gasteiger partial charge is 0.493 e. The summed E-state index contributed by atoms with van der Waals surface area (Å²) in [5.74, 6) is 2.43. The number of methoxy groups -OCH3 is 1. The summed E-state index contributed by atoms with van der Waals surface area (Å²) in [6.07, 6.45) is 3.90. The molecule has 0 N–H and O–H groups in total. The van der Waals surface area contributed by atoms with E-state index >= 15 is 0 Å². The summed E-state index contributed by atoms with van der Waals surface area (Å²) < 4.78 is 11.6. The molecule has 5 heteroatoms. The minimum absolute atomic E-state index is 0.293. The Kier molecular flexibility index (Phi) is 5.84. The van der Waals surface area contributed by atoms with Gasteiger partial charge < -0.3 is 14.4 Å². The zero-order valence-electron chi connectivity index (χ0n) is 15.7. The number of ether oxygens (including phenoxy) is 2. The van der Waals surface area contributed by atoms with Crippen LogP contribution < -0.4 is 9.47 Å². The van der Waals surface area contributed by atoms with Crippen molar-refractivity contribution in [2.45, 2.75) is 45.2 Å². The van der Waals surface area contributed by atoms with Crippen LogP contribution >= 0.6 is 0 Å². The van der Waals surface area contributed by atoms with E-state index in [1.165, 1.54) is 5.56 Å². The number of amides is 1. The molecule has 0 saturated carbocycles. The van der Waals surface area contributed by atoms with Gasteiger partial charge in [-0.3, -0.25) is 9.69 Å². The smallest absolute Gasteiger partial charge is 0.222 e. The Morgan fingerprint density at radius 2 is 2.16 bits per heavy atom. The molecule has 2 aliphatic rings. The lowest BCUT2D eigenvalue weighted by Gasteiger charge is -2.36. The summed E-state index contributed by atoms with van der Waals surface area (Å²) in [6, 6.07) is 6.54. The van der Waals surface area contributed by atoms with Gasteiger partial charge in [-0.15, -0.1) is 0 Å². The number of likely N-dealkylation sites (tertiary alicyclic amines) is 2. The molecule has 2 aliphatic heterocycles. The first-order valence-electron chi connectivity index (χ1n) is 9.40. The molecule has 3 rings (SSSR count). The second kappa shape index (κ2) is 8.09. The van der Waals surface area contributed by atoms with Gasteiger partial charge in [0.2, 0.25) is 5.91 Å². The van der Waals surface area contributed by atoms with Gasteiger partial charge in [0, 0.05) is 50.6 Å². The van der Waals surface area contributed by atoms with Crippen molar-refractivity contribution in [3.63, 3.8) is 0 Å². The van der Waals surface area contributed by atoms with Crippen molar-refractivity contribution in [2.24, 2.45) is 5.92 Å². The maximum Gasteiger partial charge on any atom is 0.222 e. The molecule has 0 bridgehead atoms. The van der Waals surface area contributed by atoms with E-state index in [1.807, 2.05) is 24.1 Å². The fraction of sp³-hybridized carbons (Fsp3) is 0.650. The number of hydrogen-bond acceptors (Lipinski definition) is 4. The Bertz CT molecular complexity index is 605. The Morgan fingerprint density at radius 3 is 2.92 bits per heavy atom. The summed E-state index contributed by atoms with van der Waals surface area (Å²) in [5, 5.41) is 0. The number of carbonyl (C=O) groups is 1. The molecule has 0 aliphatic carbocycles. The lowest BCUT2D eigenvalue weighted by atomic mass is 9.92. The van der Waals surface area contributed by atoms with Crippen molar-refractivity contribution < 1.29 is 14.3 Å². The van der Waals surface area contributed by atoms with Crippen LogP contribution in [0.15, 0.2) is 18.2 Å². The van der Waals surface area contributed by atoms with Gasteiger partial charge in [0.15, 0.2) is 11.5 Å². The highest BCUT2D eigenvalue weighted by atomic mass is 16.5. The molecule has 25 heavy (non-hydrogen) atoms. The zero-order valence-corrected chi connectivity index (χ0v) is 15.7. The molecular formula is C20H30N2O3. The maximum absolute atomic E-state index is 12.0. The van der Waals surface area contributed by atoms with Gasteiger partial charge in [-0.2, -0.15) is 0 Å². The van der Waals surface area contributed by atoms with E-state index in [-0.39, 0.29) is 0 Å². The Labute approximate surface area is 150 Å². The minimum Gasteiger partial charge on any atom is -0.493 e. The van der Waals surface area contributed by atoms with Gasteiger partial charge in [-0.25, -0.2) is 0 Å². The zero-order chi connectivity index (χ0) is 17.8. The van der Waals surface area contributed by atoms with Crippen molar-refractivity contribution in [1.82, 2.24) is 9.80 Å². The first-order chi connectivity index (χ1) is 12.1. The first-order valence-corrected chi connectivity index (χ1v) is 9.40. The molecule has 138 valence electrons. The van der Waals surface area contributed by atoms with Crippen LogP contribution in [0.4, 0.5) is 0 Å². The van der Waals surface area contributed by atoms with Crippen molar-refractivity contribution in [3.05, 3.63) is 23.8 Å². The van der Waals surface area contributed by atoms with Crippen LogP contribution in [0.1, 0.15) is 38.2 Å². The molecule has 1 aromatic rings. The predicted molar refractivity (Wildman–Crippen MR) is 98.0 cm³/mol. The summed E-state index contributed by atoms with van der Waals surface area (Å²) in [5.41, 5.74) is 1.17. The Balaban J connectivity index is 1.69. The Hall–Kier alpha value is -1.75. The molecule has 2 fully saturated rings. The number of fused-ring (bicyclic) bond motifs is 1. The standard InChI is InChI=1S/C20H30N2O3/c1-4-5-11-25-20-15(7-6-8-18(20)24-3)13-22-10-9-17-16(14-22)12-19(23)21(17)2/h6-8,16-17H,4-5,9-14H2,1-3H3/t16-,17+/m1/s1. The molecule has 2 heterocycles. The molecule has 1 aromatic carbocycles. The van der Waals surface area contributed by atoms with Crippen molar-refractivity contribution >= 4 is 5.91 Å². The summed E-state index contributed by atoms with van der Waals surface area (Å²) >= 11 is 0. The SMILES string of the molecule is CCCCOc1c(CN2CC[C@H]3[C@H](CC(=O)N3C)C2)cccc1OC. The molecule has 5 nitrogen and oxygen atoms in total. The fourth-order valence-corrected chi connectivity index (χ4v) is 4.07. The molecule has 2 saturated heterocycles. The molecule has 0 spiro atoms. The number of benzene rings is 1. The van der Waals surface area contributed by atoms with Crippen LogP contribution in [0.3, 0.4) is 0 Å². The monoisotopic (exact) mass is 346 g/mol. The average molecular weight is 346 g/mol. The lowest BCUT2D eigenvalue weighted by Crippen LogP contribution is -2.44. The highest BCUT2D eigenvalue weighted by molar-refractivity contribution is 5.79. The van der Waals surface area contributed by atoms with Crippen LogP contribution in [-0.4, -0.2) is 55.6 Å². The average Bonchev–Trinajstić information content (AvgIpc) is 2.90. The van der Waals surface area contributed by atoms with Crippen molar-refractivity contribution in [2.75, 3.05) is 33.9 Å². The van der Waals surface area contributed by atoms with Crippen LogP contribution in [0.25, 0.3) is 0 Å². The highest BCUT2D eigenvalue weighted by Crippen LogP contribution is 2.35. The first kappa shape index (κ1) is 18.1. The second-order valence-corrected chi connectivity index (χ2v) is 7.21. The van der Waals surface area contributed by atoms with Crippen molar-refractivity contribution in [3.8, 4) is 11.5 Å². The maximum atomic E-state index is 12.0. The van der Waals surface area contributed by atoms with E-state index in [9.17, 15) is 4.79 Å². The topological polar surface area (TPSA) is 42.0 Å². The molecule has 2 atom stereocenters. The van der Waals surface area contributed by atoms with E-state index in [2.05, 4.69) is 17.9 Å². The van der Waals surface area contributed by atoms with Gasteiger partial charge in [-0.05, 0) is 18.9 Å². The van der Waals surface area contributed by atoms with Crippen LogP contribution in [0, 0.1) is 5.92 Å². The third-order valence-corrected chi connectivity index (χ3v) is 5.52. The number of hydrogen-bond donors (Lipinski definition) is 0. The fourth-order valence-electron chi connectivity index (χ4n) is 4.07. The predicted octanol–water partition coefficient (Wildman–Crippen LogP) is 2.93. The third kappa shape index (κ3) is 3.92. The summed E-state index contributed by atoms with van der Waals surface area (Å²) in [6.45, 7) is 5.72.